The van der Waals surface area contributed by atoms with Gasteiger partial charge in [-0.3, -0.25) is 4.79 Å². The van der Waals surface area contributed by atoms with Gasteiger partial charge >= 0.3 is 0 Å². The Morgan fingerprint density at radius 2 is 1.67 bits per heavy atom. The summed E-state index contributed by atoms with van der Waals surface area (Å²) in [4.78, 5) is 14.0. The maximum atomic E-state index is 14.0. The van der Waals surface area contributed by atoms with Gasteiger partial charge in [0.25, 0.3) is 0 Å². The van der Waals surface area contributed by atoms with Gasteiger partial charge in [0.15, 0.2) is 0 Å². The number of carbonyl (C=O) groups excluding carboxylic acids is 1. The molecule has 33 heavy (non-hydrogen) atoms. The molecule has 1 heterocycles. The zero-order valence-electron chi connectivity index (χ0n) is 19.4. The number of halogens is 1. The first kappa shape index (κ1) is 22.9. The largest absolute Gasteiger partial charge is 0.393 e. The number of carbonyl (C=O) groups is 1. The van der Waals surface area contributed by atoms with E-state index < -0.39 is 0 Å². The van der Waals surface area contributed by atoms with Gasteiger partial charge in [-0.25, -0.2) is 4.68 Å². The van der Waals surface area contributed by atoms with Crippen LogP contribution in [-0.4, -0.2) is 32.9 Å². The first-order valence-corrected chi connectivity index (χ1v) is 13.3. The lowest BCUT2D eigenvalue weighted by molar-refractivity contribution is -0.125. The first-order valence-electron chi connectivity index (χ1n) is 12.9. The zero-order valence-corrected chi connectivity index (χ0v) is 20.2. The SMILES string of the molecule is O=C(N[C@H]1CC[C@H](O)CC1)C(c1c2c(nn1-c1ccc(Cl)cc1)CCCC2)C1CCCCC1. The minimum atomic E-state index is -0.217. The molecule has 0 spiro atoms. The van der Waals surface area contributed by atoms with Gasteiger partial charge in [0.1, 0.15) is 0 Å². The monoisotopic (exact) mass is 469 g/mol. The summed E-state index contributed by atoms with van der Waals surface area (Å²) in [5.74, 6) is 0.329. The fourth-order valence-corrected chi connectivity index (χ4v) is 6.34. The number of aliphatic hydroxyl groups excluding tert-OH is 1. The van der Waals surface area contributed by atoms with Crippen molar-refractivity contribution in [2.45, 2.75) is 102 Å². The second-order valence-corrected chi connectivity index (χ2v) is 10.7. The maximum absolute atomic E-state index is 14.0. The molecule has 5 rings (SSSR count). The van der Waals surface area contributed by atoms with Gasteiger partial charge in [0, 0.05) is 11.1 Å². The quantitative estimate of drug-likeness (QED) is 0.608. The maximum Gasteiger partial charge on any atom is 0.229 e. The molecule has 0 saturated heterocycles. The zero-order chi connectivity index (χ0) is 22.8. The number of aliphatic hydroxyl groups is 1. The molecule has 1 aromatic carbocycles. The third-order valence-corrected chi connectivity index (χ3v) is 8.26. The van der Waals surface area contributed by atoms with Crippen LogP contribution in [0.4, 0.5) is 0 Å². The highest BCUT2D eigenvalue weighted by molar-refractivity contribution is 6.30. The number of aromatic nitrogens is 2. The number of hydrogen-bond acceptors (Lipinski definition) is 3. The molecular weight excluding hydrogens is 434 g/mol. The third kappa shape index (κ3) is 5.00. The number of benzene rings is 1. The summed E-state index contributed by atoms with van der Waals surface area (Å²) in [7, 11) is 0. The molecule has 2 saturated carbocycles. The van der Waals surface area contributed by atoms with E-state index >= 15 is 0 Å². The van der Waals surface area contributed by atoms with E-state index in [1.807, 2.05) is 24.3 Å². The van der Waals surface area contributed by atoms with E-state index in [1.54, 1.807) is 0 Å². The highest BCUT2D eigenvalue weighted by Crippen LogP contribution is 2.41. The first-order chi connectivity index (χ1) is 16.1. The lowest BCUT2D eigenvalue weighted by Gasteiger charge is -2.33. The summed E-state index contributed by atoms with van der Waals surface area (Å²) >= 11 is 6.18. The fraction of sp³-hybridized carbons (Fsp3) is 0.630. The number of fused-ring (bicyclic) bond motifs is 1. The molecule has 0 aliphatic heterocycles. The van der Waals surface area contributed by atoms with E-state index in [-0.39, 0.29) is 24.0 Å². The van der Waals surface area contributed by atoms with Crippen LogP contribution in [0, 0.1) is 5.92 Å². The Morgan fingerprint density at radius 3 is 2.39 bits per heavy atom. The second kappa shape index (κ2) is 10.2. The summed E-state index contributed by atoms with van der Waals surface area (Å²) in [6.07, 6.45) is 13.2. The highest BCUT2D eigenvalue weighted by atomic mass is 35.5. The Kier molecular flexibility index (Phi) is 7.07. The topological polar surface area (TPSA) is 67.2 Å². The molecule has 1 atom stereocenters. The lowest BCUT2D eigenvalue weighted by atomic mass is 9.75. The number of nitrogens with zero attached hydrogens (tertiary/aromatic N) is 2. The Balaban J connectivity index is 1.54. The number of rotatable bonds is 5. The van der Waals surface area contributed by atoms with Gasteiger partial charge in [-0.15, -0.1) is 0 Å². The summed E-state index contributed by atoms with van der Waals surface area (Å²) in [5.41, 5.74) is 4.58. The summed E-state index contributed by atoms with van der Waals surface area (Å²) < 4.78 is 2.07. The molecule has 178 valence electrons. The van der Waals surface area contributed by atoms with Gasteiger partial charge in [-0.1, -0.05) is 30.9 Å². The molecule has 2 fully saturated rings. The molecule has 1 unspecified atom stereocenters. The van der Waals surface area contributed by atoms with Crippen molar-refractivity contribution in [2.24, 2.45) is 5.92 Å². The molecule has 0 bridgehead atoms. The molecular formula is C27H36ClN3O2. The Labute approximate surface area is 201 Å². The van der Waals surface area contributed by atoms with Gasteiger partial charge in [-0.05, 0) is 100.0 Å². The standard InChI is InChI=1S/C27H36ClN3O2/c28-19-10-14-21(15-11-19)31-26(23-8-4-5-9-24(23)30-31)25(18-6-2-1-3-7-18)27(33)29-20-12-16-22(32)17-13-20/h10-11,14-15,18,20,22,25,32H,1-9,12-13,16-17H2,(H,29,33)/t20-,22-,25?. The van der Waals surface area contributed by atoms with Crippen molar-refractivity contribution >= 4 is 17.5 Å². The predicted molar refractivity (Wildman–Crippen MR) is 131 cm³/mol. The minimum Gasteiger partial charge on any atom is -0.393 e. The van der Waals surface area contributed by atoms with Gasteiger partial charge in [-0.2, -0.15) is 5.10 Å². The van der Waals surface area contributed by atoms with Crippen molar-refractivity contribution in [1.82, 2.24) is 15.1 Å². The van der Waals surface area contributed by atoms with Crippen LogP contribution in [0.5, 0.6) is 0 Å². The van der Waals surface area contributed by atoms with Crippen LogP contribution in [0.25, 0.3) is 5.69 Å². The molecule has 0 radical (unpaired) electrons. The number of aryl methyl sites for hydroxylation is 1. The van der Waals surface area contributed by atoms with Crippen molar-refractivity contribution < 1.29 is 9.90 Å². The van der Waals surface area contributed by atoms with Crippen LogP contribution in [0.1, 0.15) is 93.5 Å². The smallest absolute Gasteiger partial charge is 0.229 e. The average molecular weight is 470 g/mol. The lowest BCUT2D eigenvalue weighted by Crippen LogP contribution is -2.43. The van der Waals surface area contributed by atoms with Gasteiger partial charge in [0.2, 0.25) is 5.91 Å². The molecule has 2 aromatic rings. The Morgan fingerprint density at radius 1 is 0.970 bits per heavy atom. The summed E-state index contributed by atoms with van der Waals surface area (Å²) in [6, 6.07) is 8.01. The van der Waals surface area contributed by atoms with Crippen LogP contribution in [-0.2, 0) is 17.6 Å². The van der Waals surface area contributed by atoms with E-state index in [1.165, 1.54) is 30.5 Å². The Bertz CT molecular complexity index is 956. The molecule has 5 nitrogen and oxygen atoms in total. The van der Waals surface area contributed by atoms with Crippen molar-refractivity contribution in [1.29, 1.82) is 0 Å². The molecule has 1 aromatic heterocycles. The van der Waals surface area contributed by atoms with E-state index in [4.69, 9.17) is 16.7 Å². The molecule has 3 aliphatic rings. The Hall–Kier alpha value is -1.85. The van der Waals surface area contributed by atoms with Crippen molar-refractivity contribution in [2.75, 3.05) is 0 Å². The third-order valence-electron chi connectivity index (χ3n) is 8.01. The number of amides is 1. The van der Waals surface area contributed by atoms with Gasteiger partial charge in [0.05, 0.1) is 29.1 Å². The van der Waals surface area contributed by atoms with E-state index in [2.05, 4.69) is 10.00 Å². The normalized spacial score (nSPS) is 24.8. The molecule has 2 N–H and O–H groups in total. The minimum absolute atomic E-state index is 0.159. The summed E-state index contributed by atoms with van der Waals surface area (Å²) in [5, 5.41) is 19.1. The van der Waals surface area contributed by atoms with Crippen molar-refractivity contribution in [3.05, 3.63) is 46.2 Å². The summed E-state index contributed by atoms with van der Waals surface area (Å²) in [6.45, 7) is 0. The predicted octanol–water partition coefficient (Wildman–Crippen LogP) is 5.49. The van der Waals surface area contributed by atoms with E-state index in [0.29, 0.717) is 10.9 Å². The second-order valence-electron chi connectivity index (χ2n) is 10.3. The van der Waals surface area contributed by atoms with Crippen LogP contribution < -0.4 is 5.32 Å². The average Bonchev–Trinajstić information content (AvgIpc) is 3.21. The molecule has 3 aliphatic carbocycles. The fourth-order valence-electron chi connectivity index (χ4n) is 6.22. The van der Waals surface area contributed by atoms with E-state index in [9.17, 15) is 9.90 Å². The highest BCUT2D eigenvalue weighted by Gasteiger charge is 2.38. The van der Waals surface area contributed by atoms with Crippen LogP contribution >= 0.6 is 11.6 Å². The number of hydrogen-bond donors (Lipinski definition) is 2. The van der Waals surface area contributed by atoms with Gasteiger partial charge < -0.3 is 10.4 Å². The molecule has 1 amide bonds. The van der Waals surface area contributed by atoms with Crippen molar-refractivity contribution in [3.63, 3.8) is 0 Å². The van der Waals surface area contributed by atoms with E-state index in [0.717, 1.165) is 75.6 Å². The van der Waals surface area contributed by atoms with Crippen LogP contribution in [0.15, 0.2) is 24.3 Å². The number of nitrogens with one attached hydrogen (secondary N) is 1. The van der Waals surface area contributed by atoms with Crippen molar-refractivity contribution in [3.8, 4) is 5.69 Å². The van der Waals surface area contributed by atoms with Crippen LogP contribution in [0.3, 0.4) is 0 Å². The molecule has 6 heteroatoms. The van der Waals surface area contributed by atoms with Crippen LogP contribution in [0.2, 0.25) is 5.02 Å².